The van der Waals surface area contributed by atoms with Crippen LogP contribution in [0.25, 0.3) is 0 Å². The van der Waals surface area contributed by atoms with Gasteiger partial charge in [-0.2, -0.15) is 5.26 Å². The lowest BCUT2D eigenvalue weighted by Gasteiger charge is -2.00. The molecule has 3 nitrogen and oxygen atoms in total. The molecule has 0 spiro atoms. The lowest BCUT2D eigenvalue weighted by molar-refractivity contribution is 0.112. The van der Waals surface area contributed by atoms with Gasteiger partial charge in [0, 0.05) is 4.47 Å². The van der Waals surface area contributed by atoms with E-state index >= 15 is 0 Å². The first-order valence-electron chi connectivity index (χ1n) is 3.07. The molecular formula is C8H4BrNO2. The summed E-state index contributed by atoms with van der Waals surface area (Å²) in [5.41, 5.74) is 0.203. The number of benzene rings is 1. The van der Waals surface area contributed by atoms with E-state index in [2.05, 4.69) is 15.9 Å². The van der Waals surface area contributed by atoms with Crippen molar-refractivity contribution in [1.29, 1.82) is 5.26 Å². The summed E-state index contributed by atoms with van der Waals surface area (Å²) in [6.07, 6.45) is 0.503. The van der Waals surface area contributed by atoms with Gasteiger partial charge in [0.25, 0.3) is 0 Å². The van der Waals surface area contributed by atoms with Crippen molar-refractivity contribution in [1.82, 2.24) is 0 Å². The molecule has 0 saturated carbocycles. The Balaban J connectivity index is 3.46. The normalized spacial score (nSPS) is 9.00. The molecule has 4 heteroatoms. The first kappa shape index (κ1) is 8.75. The summed E-state index contributed by atoms with van der Waals surface area (Å²) in [6.45, 7) is 0. The van der Waals surface area contributed by atoms with Crippen molar-refractivity contribution in [3.63, 3.8) is 0 Å². The molecule has 12 heavy (non-hydrogen) atoms. The smallest absolute Gasteiger partial charge is 0.153 e. The van der Waals surface area contributed by atoms with Crippen LogP contribution < -0.4 is 0 Å². The van der Waals surface area contributed by atoms with Crippen molar-refractivity contribution >= 4 is 22.2 Å². The van der Waals surface area contributed by atoms with Crippen molar-refractivity contribution in [2.75, 3.05) is 0 Å². The molecule has 1 aromatic carbocycles. The van der Waals surface area contributed by atoms with E-state index in [1.54, 1.807) is 12.1 Å². The molecule has 0 atom stereocenters. The average molecular weight is 226 g/mol. The van der Waals surface area contributed by atoms with Gasteiger partial charge in [-0.25, -0.2) is 0 Å². The number of nitrogens with zero attached hydrogens (tertiary/aromatic N) is 1. The fourth-order valence-electron chi connectivity index (χ4n) is 0.784. The molecule has 0 heterocycles. The maximum absolute atomic E-state index is 10.3. The van der Waals surface area contributed by atoms with E-state index in [1.807, 2.05) is 0 Å². The molecule has 0 amide bonds. The number of rotatable bonds is 1. The van der Waals surface area contributed by atoms with Crippen molar-refractivity contribution < 1.29 is 9.90 Å². The Morgan fingerprint density at radius 1 is 1.58 bits per heavy atom. The van der Waals surface area contributed by atoms with Crippen LogP contribution in [-0.4, -0.2) is 11.4 Å². The van der Waals surface area contributed by atoms with Crippen LogP contribution in [0.3, 0.4) is 0 Å². The highest BCUT2D eigenvalue weighted by atomic mass is 79.9. The van der Waals surface area contributed by atoms with Crippen molar-refractivity contribution in [2.24, 2.45) is 0 Å². The van der Waals surface area contributed by atoms with Gasteiger partial charge >= 0.3 is 0 Å². The Hall–Kier alpha value is -1.34. The molecule has 0 saturated heterocycles. The molecule has 0 bridgehead atoms. The minimum Gasteiger partial charge on any atom is -0.506 e. The van der Waals surface area contributed by atoms with Gasteiger partial charge in [-0.15, -0.1) is 0 Å². The molecule has 1 N–H and O–H groups in total. The Bertz CT molecular complexity index is 368. The van der Waals surface area contributed by atoms with Crippen LogP contribution in [0.2, 0.25) is 0 Å². The molecule has 0 aliphatic rings. The van der Waals surface area contributed by atoms with Gasteiger partial charge in [-0.1, -0.05) is 0 Å². The molecule has 0 aliphatic carbocycles. The second-order valence-corrected chi connectivity index (χ2v) is 2.94. The molecule has 1 rings (SSSR count). The minimum absolute atomic E-state index is 0.0830. The van der Waals surface area contributed by atoms with Crippen LogP contribution in [0.15, 0.2) is 16.6 Å². The Labute approximate surface area is 77.4 Å². The third kappa shape index (κ3) is 1.31. The highest BCUT2D eigenvalue weighted by molar-refractivity contribution is 9.10. The standard InChI is InChI=1S/C8H4BrNO2/c9-7-2-1-5(4-11)8(12)6(7)3-10/h1-2,4,12H. The molecule has 0 radical (unpaired) electrons. The number of hydrogen-bond donors (Lipinski definition) is 1. The number of halogens is 1. The number of hydrogen-bond acceptors (Lipinski definition) is 3. The van der Waals surface area contributed by atoms with Gasteiger partial charge in [0.1, 0.15) is 17.4 Å². The molecule has 0 aromatic heterocycles. The van der Waals surface area contributed by atoms with Crippen LogP contribution in [-0.2, 0) is 0 Å². The highest BCUT2D eigenvalue weighted by Gasteiger charge is 2.09. The molecule has 1 aromatic rings. The van der Waals surface area contributed by atoms with Gasteiger partial charge in [-0.05, 0) is 28.1 Å². The van der Waals surface area contributed by atoms with Gasteiger partial charge in [-0.3, -0.25) is 4.79 Å². The Morgan fingerprint density at radius 2 is 2.25 bits per heavy atom. The molecule has 0 fully saturated rings. The lowest BCUT2D eigenvalue weighted by atomic mass is 10.1. The topological polar surface area (TPSA) is 61.1 Å². The highest BCUT2D eigenvalue weighted by Crippen LogP contribution is 2.27. The second kappa shape index (κ2) is 3.37. The van der Waals surface area contributed by atoms with E-state index in [1.165, 1.54) is 6.07 Å². The monoisotopic (exact) mass is 225 g/mol. The zero-order valence-corrected chi connectivity index (χ0v) is 7.50. The maximum Gasteiger partial charge on any atom is 0.153 e. The third-order valence-electron chi connectivity index (χ3n) is 1.40. The van der Waals surface area contributed by atoms with E-state index < -0.39 is 0 Å². The summed E-state index contributed by atoms with van der Waals surface area (Å²) >= 11 is 3.07. The van der Waals surface area contributed by atoms with Gasteiger partial charge in [0.05, 0.1) is 5.56 Å². The zero-order chi connectivity index (χ0) is 9.14. The quantitative estimate of drug-likeness (QED) is 0.743. The van der Waals surface area contributed by atoms with E-state index in [0.717, 1.165) is 0 Å². The molecule has 0 aliphatic heterocycles. The largest absolute Gasteiger partial charge is 0.506 e. The molecule has 60 valence electrons. The first-order chi connectivity index (χ1) is 5.70. The Kier molecular flexibility index (Phi) is 2.46. The number of nitriles is 1. The van der Waals surface area contributed by atoms with Crippen LogP contribution in [0.5, 0.6) is 5.75 Å². The average Bonchev–Trinajstić information content (AvgIpc) is 2.06. The molecule has 0 unspecified atom stereocenters. The number of carbonyl (C=O) groups excluding carboxylic acids is 1. The number of phenols is 1. The third-order valence-corrected chi connectivity index (χ3v) is 2.06. The number of carbonyl (C=O) groups is 1. The first-order valence-corrected chi connectivity index (χ1v) is 3.86. The summed E-state index contributed by atoms with van der Waals surface area (Å²) in [4.78, 5) is 10.3. The SMILES string of the molecule is N#Cc1c(Br)ccc(C=O)c1O. The van der Waals surface area contributed by atoms with E-state index in [4.69, 9.17) is 5.26 Å². The van der Waals surface area contributed by atoms with Crippen LogP contribution in [0, 0.1) is 11.3 Å². The van der Waals surface area contributed by atoms with Crippen molar-refractivity contribution in [3.05, 3.63) is 27.7 Å². The summed E-state index contributed by atoms with van der Waals surface area (Å²) in [7, 11) is 0. The predicted octanol–water partition coefficient (Wildman–Crippen LogP) is 1.84. The van der Waals surface area contributed by atoms with Crippen molar-refractivity contribution in [3.8, 4) is 11.8 Å². The van der Waals surface area contributed by atoms with Crippen molar-refractivity contribution in [2.45, 2.75) is 0 Å². The van der Waals surface area contributed by atoms with E-state index in [9.17, 15) is 9.90 Å². The second-order valence-electron chi connectivity index (χ2n) is 2.09. The minimum atomic E-state index is -0.276. The van der Waals surface area contributed by atoms with Crippen LogP contribution in [0.1, 0.15) is 15.9 Å². The zero-order valence-electron chi connectivity index (χ0n) is 5.91. The predicted molar refractivity (Wildman–Crippen MR) is 45.9 cm³/mol. The number of phenolic OH excluding ortho intramolecular Hbond substituents is 1. The van der Waals surface area contributed by atoms with Gasteiger partial charge < -0.3 is 5.11 Å². The maximum atomic E-state index is 10.3. The van der Waals surface area contributed by atoms with Crippen LogP contribution in [0.4, 0.5) is 0 Å². The summed E-state index contributed by atoms with van der Waals surface area (Å²) in [6, 6.07) is 4.76. The summed E-state index contributed by atoms with van der Waals surface area (Å²) in [5.74, 6) is -0.276. The fourth-order valence-corrected chi connectivity index (χ4v) is 1.19. The number of aromatic hydroxyl groups is 1. The Morgan fingerprint density at radius 3 is 2.75 bits per heavy atom. The van der Waals surface area contributed by atoms with Gasteiger partial charge in [0.15, 0.2) is 6.29 Å². The van der Waals surface area contributed by atoms with E-state index in [-0.39, 0.29) is 16.9 Å². The van der Waals surface area contributed by atoms with Gasteiger partial charge in [0.2, 0.25) is 0 Å². The van der Waals surface area contributed by atoms with E-state index in [0.29, 0.717) is 10.8 Å². The molecular weight excluding hydrogens is 222 g/mol. The lowest BCUT2D eigenvalue weighted by Crippen LogP contribution is -1.86. The number of aldehydes is 1. The van der Waals surface area contributed by atoms with Crippen LogP contribution >= 0.6 is 15.9 Å². The summed E-state index contributed by atoms with van der Waals surface area (Å²) in [5, 5.41) is 17.8. The summed E-state index contributed by atoms with van der Waals surface area (Å²) < 4.78 is 0.480. The fraction of sp³-hybridized carbons (Fsp3) is 0.